The Morgan fingerprint density at radius 1 is 1.53 bits per heavy atom. The highest BCUT2D eigenvalue weighted by Gasteiger charge is 2.30. The van der Waals surface area contributed by atoms with Gasteiger partial charge < -0.3 is 10.7 Å². The van der Waals surface area contributed by atoms with Crippen LogP contribution in [0.4, 0.5) is 5.82 Å². The summed E-state index contributed by atoms with van der Waals surface area (Å²) in [5.41, 5.74) is 5.07. The van der Waals surface area contributed by atoms with E-state index in [9.17, 15) is 13.2 Å². The third-order valence-electron chi connectivity index (χ3n) is 2.40. The summed E-state index contributed by atoms with van der Waals surface area (Å²) in [6.07, 6.45) is 0.495. The van der Waals surface area contributed by atoms with E-state index in [0.717, 1.165) is 0 Å². The van der Waals surface area contributed by atoms with E-state index in [1.54, 1.807) is 0 Å². The molecule has 0 bridgehead atoms. The molecule has 0 aliphatic carbocycles. The van der Waals surface area contributed by atoms with Gasteiger partial charge in [0.2, 0.25) is 0 Å². The molecule has 0 aromatic carbocycles. The summed E-state index contributed by atoms with van der Waals surface area (Å²) in [7, 11) is -2.97. The lowest BCUT2D eigenvalue weighted by Gasteiger charge is -2.06. The second-order valence-corrected chi connectivity index (χ2v) is 5.88. The van der Waals surface area contributed by atoms with Crippen LogP contribution in [0.2, 0.25) is 0 Å². The van der Waals surface area contributed by atoms with Gasteiger partial charge in [0.05, 0.1) is 11.5 Å². The van der Waals surface area contributed by atoms with E-state index in [-0.39, 0.29) is 28.8 Å². The number of hydrogen-bond donors (Lipinski definition) is 2. The van der Waals surface area contributed by atoms with Gasteiger partial charge in [-0.05, 0) is 6.42 Å². The van der Waals surface area contributed by atoms with Gasteiger partial charge in [0, 0.05) is 12.0 Å². The average molecular weight is 229 g/mol. The molecule has 0 amide bonds. The number of sulfone groups is 1. The molecule has 82 valence electrons. The molecule has 1 aromatic rings. The SMILES string of the molecule is Nc1cc(=O)[nH]c(C2CCS(=O)(=O)C2)n1. The number of nitrogens with zero attached hydrogens (tertiary/aromatic N) is 1. The molecule has 1 unspecified atom stereocenters. The van der Waals surface area contributed by atoms with E-state index in [0.29, 0.717) is 12.2 Å². The fourth-order valence-corrected chi connectivity index (χ4v) is 3.45. The second kappa shape index (κ2) is 3.34. The Hall–Kier alpha value is -1.37. The van der Waals surface area contributed by atoms with Gasteiger partial charge in [0.1, 0.15) is 11.6 Å². The predicted molar refractivity (Wildman–Crippen MR) is 55.3 cm³/mol. The molecule has 1 aliphatic heterocycles. The number of nitrogens with two attached hydrogens (primary N) is 1. The molecule has 0 spiro atoms. The van der Waals surface area contributed by atoms with Crippen molar-refractivity contribution >= 4 is 15.7 Å². The first-order valence-electron chi connectivity index (χ1n) is 4.53. The molecule has 2 heterocycles. The van der Waals surface area contributed by atoms with Crippen molar-refractivity contribution < 1.29 is 8.42 Å². The van der Waals surface area contributed by atoms with Gasteiger partial charge in [-0.15, -0.1) is 0 Å². The summed E-state index contributed by atoms with van der Waals surface area (Å²) in [5.74, 6) is 0.459. The Balaban J connectivity index is 2.36. The maximum Gasteiger partial charge on any atom is 0.252 e. The zero-order valence-electron chi connectivity index (χ0n) is 7.93. The van der Waals surface area contributed by atoms with Crippen molar-refractivity contribution in [3.63, 3.8) is 0 Å². The van der Waals surface area contributed by atoms with Crippen molar-refractivity contribution in [3.05, 3.63) is 22.2 Å². The van der Waals surface area contributed by atoms with E-state index in [1.807, 2.05) is 0 Å². The van der Waals surface area contributed by atoms with Crippen molar-refractivity contribution in [2.45, 2.75) is 12.3 Å². The normalized spacial score (nSPS) is 24.1. The first-order valence-corrected chi connectivity index (χ1v) is 6.35. The molecule has 1 saturated heterocycles. The van der Waals surface area contributed by atoms with Crippen molar-refractivity contribution in [1.82, 2.24) is 9.97 Å². The van der Waals surface area contributed by atoms with Crippen LogP contribution in [0.15, 0.2) is 10.9 Å². The van der Waals surface area contributed by atoms with E-state index in [4.69, 9.17) is 5.73 Å². The maximum atomic E-state index is 11.2. The zero-order valence-corrected chi connectivity index (χ0v) is 8.75. The average Bonchev–Trinajstić information content (AvgIpc) is 2.44. The number of rotatable bonds is 1. The Bertz CT molecular complexity index is 534. The van der Waals surface area contributed by atoms with Gasteiger partial charge in [0.15, 0.2) is 9.84 Å². The second-order valence-electron chi connectivity index (χ2n) is 3.66. The van der Waals surface area contributed by atoms with Crippen LogP contribution in [0.5, 0.6) is 0 Å². The molecule has 7 heteroatoms. The Morgan fingerprint density at radius 3 is 2.80 bits per heavy atom. The van der Waals surface area contributed by atoms with Gasteiger partial charge in [-0.3, -0.25) is 4.79 Å². The van der Waals surface area contributed by atoms with Crippen LogP contribution in [0.1, 0.15) is 18.2 Å². The van der Waals surface area contributed by atoms with Crippen LogP contribution < -0.4 is 11.3 Å². The monoisotopic (exact) mass is 229 g/mol. The van der Waals surface area contributed by atoms with Gasteiger partial charge in [0.25, 0.3) is 5.56 Å². The first kappa shape index (κ1) is 10.2. The lowest BCUT2D eigenvalue weighted by molar-refractivity contribution is 0.601. The minimum Gasteiger partial charge on any atom is -0.383 e. The maximum absolute atomic E-state index is 11.2. The highest BCUT2D eigenvalue weighted by atomic mass is 32.2. The largest absolute Gasteiger partial charge is 0.383 e. The Labute approximate surface area is 86.5 Å². The van der Waals surface area contributed by atoms with E-state index < -0.39 is 9.84 Å². The fraction of sp³-hybridized carbons (Fsp3) is 0.500. The van der Waals surface area contributed by atoms with Crippen LogP contribution >= 0.6 is 0 Å². The van der Waals surface area contributed by atoms with Crippen LogP contribution in [0.25, 0.3) is 0 Å². The minimum absolute atomic E-state index is 0.0411. The smallest absolute Gasteiger partial charge is 0.252 e. The van der Waals surface area contributed by atoms with Crippen molar-refractivity contribution in [3.8, 4) is 0 Å². The number of nitrogens with one attached hydrogen (secondary N) is 1. The fourth-order valence-electron chi connectivity index (χ4n) is 1.70. The molecule has 1 fully saturated rings. The topological polar surface area (TPSA) is 106 Å². The molecule has 1 aliphatic rings. The van der Waals surface area contributed by atoms with Crippen LogP contribution in [0.3, 0.4) is 0 Å². The third-order valence-corrected chi connectivity index (χ3v) is 4.17. The Kier molecular flexibility index (Phi) is 2.26. The molecule has 15 heavy (non-hydrogen) atoms. The number of anilines is 1. The molecule has 6 nitrogen and oxygen atoms in total. The summed E-state index contributed by atoms with van der Waals surface area (Å²) in [6, 6.07) is 1.17. The molecule has 3 N–H and O–H groups in total. The van der Waals surface area contributed by atoms with Crippen LogP contribution in [-0.2, 0) is 9.84 Å². The lowest BCUT2D eigenvalue weighted by Crippen LogP contribution is -2.16. The molecule has 1 atom stereocenters. The van der Waals surface area contributed by atoms with E-state index in [1.165, 1.54) is 6.07 Å². The summed E-state index contributed by atoms with van der Waals surface area (Å²) in [6.45, 7) is 0. The molecule has 2 rings (SSSR count). The number of nitrogen functional groups attached to an aromatic ring is 1. The van der Waals surface area contributed by atoms with Gasteiger partial charge in [-0.2, -0.15) is 0 Å². The van der Waals surface area contributed by atoms with Crippen molar-refractivity contribution in [2.75, 3.05) is 17.2 Å². The van der Waals surface area contributed by atoms with Crippen LogP contribution in [-0.4, -0.2) is 29.9 Å². The molecular weight excluding hydrogens is 218 g/mol. The molecule has 0 saturated carbocycles. The van der Waals surface area contributed by atoms with Crippen LogP contribution in [0, 0.1) is 0 Å². The first-order chi connectivity index (χ1) is 6.96. The van der Waals surface area contributed by atoms with E-state index in [2.05, 4.69) is 9.97 Å². The lowest BCUT2D eigenvalue weighted by atomic mass is 10.1. The summed E-state index contributed by atoms with van der Waals surface area (Å²) < 4.78 is 22.5. The quantitative estimate of drug-likeness (QED) is 0.659. The number of aromatic amines is 1. The summed E-state index contributed by atoms with van der Waals surface area (Å²) in [4.78, 5) is 17.6. The number of hydrogen-bond acceptors (Lipinski definition) is 5. The molecular formula is C8H11N3O3S. The third kappa shape index (κ3) is 2.17. The van der Waals surface area contributed by atoms with Gasteiger partial charge in [-0.25, -0.2) is 13.4 Å². The standard InChI is InChI=1S/C8H11N3O3S/c9-6-3-7(12)11-8(10-6)5-1-2-15(13,14)4-5/h3,5H,1-2,4H2,(H3,9,10,11,12). The molecule has 0 radical (unpaired) electrons. The predicted octanol–water partition coefficient (Wildman–Crippen LogP) is -0.746. The zero-order chi connectivity index (χ0) is 11.1. The van der Waals surface area contributed by atoms with Gasteiger partial charge in [-0.1, -0.05) is 0 Å². The number of H-pyrrole nitrogens is 1. The van der Waals surface area contributed by atoms with Crippen molar-refractivity contribution in [2.24, 2.45) is 0 Å². The minimum atomic E-state index is -2.97. The highest BCUT2D eigenvalue weighted by Crippen LogP contribution is 2.25. The Morgan fingerprint density at radius 2 is 2.27 bits per heavy atom. The molecule has 1 aromatic heterocycles. The van der Waals surface area contributed by atoms with E-state index >= 15 is 0 Å². The van der Waals surface area contributed by atoms with Crippen molar-refractivity contribution in [1.29, 1.82) is 0 Å². The highest BCUT2D eigenvalue weighted by molar-refractivity contribution is 7.91. The number of aromatic nitrogens is 2. The summed E-state index contributed by atoms with van der Waals surface area (Å²) >= 11 is 0. The van der Waals surface area contributed by atoms with Gasteiger partial charge >= 0.3 is 0 Å². The summed E-state index contributed by atoms with van der Waals surface area (Å²) in [5, 5.41) is 0.